The molecule has 2 aliphatic heterocycles. The van der Waals surface area contributed by atoms with E-state index >= 15 is 0 Å². The molecule has 0 spiro atoms. The molecule has 2 atom stereocenters. The van der Waals surface area contributed by atoms with Crippen molar-refractivity contribution in [2.45, 2.75) is 45.1 Å². The molecule has 0 aromatic heterocycles. The molecule has 2 aliphatic rings. The second-order valence-corrected chi connectivity index (χ2v) is 7.46. The van der Waals surface area contributed by atoms with Crippen molar-refractivity contribution in [3.8, 4) is 5.75 Å². The number of likely N-dealkylation sites (tertiary alicyclic amines) is 1. The maximum Gasteiger partial charge on any atom is 0.309 e. The van der Waals surface area contributed by atoms with Crippen LogP contribution in [0.5, 0.6) is 5.75 Å². The quantitative estimate of drug-likeness (QED) is 0.793. The van der Waals surface area contributed by atoms with Gasteiger partial charge in [-0.3, -0.25) is 9.59 Å². The van der Waals surface area contributed by atoms with Gasteiger partial charge in [-0.05, 0) is 49.3 Å². The molecule has 1 unspecified atom stereocenters. The van der Waals surface area contributed by atoms with E-state index in [2.05, 4.69) is 6.92 Å². The summed E-state index contributed by atoms with van der Waals surface area (Å²) in [6, 6.07) is 7.72. The van der Waals surface area contributed by atoms with Crippen molar-refractivity contribution in [1.82, 2.24) is 4.90 Å². The topological polar surface area (TPSA) is 76.1 Å². The maximum absolute atomic E-state index is 12.7. The van der Waals surface area contributed by atoms with E-state index in [1.165, 1.54) is 0 Å². The fourth-order valence-corrected chi connectivity index (χ4v) is 4.07. The average Bonchev–Trinajstić information content (AvgIpc) is 3.17. The highest BCUT2D eigenvalue weighted by molar-refractivity contribution is 5.79. The Morgan fingerprint density at radius 2 is 2.04 bits per heavy atom. The van der Waals surface area contributed by atoms with Gasteiger partial charge in [0.25, 0.3) is 0 Å². The molecular weight excluding hydrogens is 346 g/mol. The molecule has 1 aromatic rings. The van der Waals surface area contributed by atoms with E-state index in [0.29, 0.717) is 39.1 Å². The molecule has 0 saturated carbocycles. The van der Waals surface area contributed by atoms with Crippen LogP contribution in [0.15, 0.2) is 24.3 Å². The standard InChI is InChI=1S/C21H29NO5/c1-2-11-26-17-5-3-4-15(13-17)14-19(23)22-9-6-16(7-10-22)20-18(21(24)25)8-12-27-20/h3-5,13,16,18,20H,2,6-12,14H2,1H3,(H,24,25)/t18?,20-/m0/s1. The number of amides is 1. The molecule has 0 radical (unpaired) electrons. The lowest BCUT2D eigenvalue weighted by atomic mass is 9.84. The van der Waals surface area contributed by atoms with Crippen molar-refractivity contribution in [2.24, 2.45) is 11.8 Å². The molecule has 1 N–H and O–H groups in total. The van der Waals surface area contributed by atoms with Crippen LogP contribution in [0.2, 0.25) is 0 Å². The summed E-state index contributed by atoms with van der Waals surface area (Å²) in [5.74, 6) is -0.0186. The van der Waals surface area contributed by atoms with Gasteiger partial charge in [0.1, 0.15) is 5.75 Å². The number of carbonyl (C=O) groups is 2. The summed E-state index contributed by atoms with van der Waals surface area (Å²) >= 11 is 0. The van der Waals surface area contributed by atoms with Crippen molar-refractivity contribution >= 4 is 11.9 Å². The molecule has 3 rings (SSSR count). The molecule has 0 bridgehead atoms. The lowest BCUT2D eigenvalue weighted by Crippen LogP contribution is -2.43. The van der Waals surface area contributed by atoms with Gasteiger partial charge in [0.05, 0.1) is 25.0 Å². The van der Waals surface area contributed by atoms with Crippen LogP contribution in [0, 0.1) is 11.8 Å². The number of aliphatic carboxylic acids is 1. The summed E-state index contributed by atoms with van der Waals surface area (Å²) in [7, 11) is 0. The van der Waals surface area contributed by atoms with Gasteiger partial charge in [0.2, 0.25) is 5.91 Å². The molecule has 6 heteroatoms. The largest absolute Gasteiger partial charge is 0.494 e. The third kappa shape index (κ3) is 5.01. The minimum atomic E-state index is -0.763. The minimum Gasteiger partial charge on any atom is -0.494 e. The average molecular weight is 375 g/mol. The van der Waals surface area contributed by atoms with Crippen LogP contribution in [0.3, 0.4) is 0 Å². The predicted octanol–water partition coefficient (Wildman–Crippen LogP) is 2.75. The Balaban J connectivity index is 1.51. The molecule has 27 heavy (non-hydrogen) atoms. The fourth-order valence-electron chi connectivity index (χ4n) is 4.07. The zero-order chi connectivity index (χ0) is 19.2. The van der Waals surface area contributed by atoms with E-state index in [9.17, 15) is 14.7 Å². The number of nitrogens with zero attached hydrogens (tertiary/aromatic N) is 1. The maximum atomic E-state index is 12.7. The van der Waals surface area contributed by atoms with Gasteiger partial charge in [-0.2, -0.15) is 0 Å². The Morgan fingerprint density at radius 1 is 1.26 bits per heavy atom. The summed E-state index contributed by atoms with van der Waals surface area (Å²) in [5, 5.41) is 9.34. The van der Waals surface area contributed by atoms with Crippen molar-refractivity contribution in [2.75, 3.05) is 26.3 Å². The fraction of sp³-hybridized carbons (Fsp3) is 0.619. The highest BCUT2D eigenvalue weighted by Gasteiger charge is 2.40. The van der Waals surface area contributed by atoms with E-state index in [-0.39, 0.29) is 17.9 Å². The molecule has 2 heterocycles. The third-order valence-electron chi connectivity index (χ3n) is 5.54. The molecule has 148 valence electrons. The van der Waals surface area contributed by atoms with Gasteiger partial charge >= 0.3 is 5.97 Å². The van der Waals surface area contributed by atoms with E-state index in [1.54, 1.807) is 0 Å². The van der Waals surface area contributed by atoms with Crippen LogP contribution in [-0.4, -0.2) is 54.3 Å². The van der Waals surface area contributed by atoms with E-state index in [1.807, 2.05) is 29.2 Å². The van der Waals surface area contributed by atoms with Crippen LogP contribution in [0.1, 0.15) is 38.2 Å². The zero-order valence-corrected chi connectivity index (χ0v) is 15.9. The first-order valence-corrected chi connectivity index (χ1v) is 9.92. The smallest absolute Gasteiger partial charge is 0.309 e. The summed E-state index contributed by atoms with van der Waals surface area (Å²) in [5.41, 5.74) is 0.959. The lowest BCUT2D eigenvalue weighted by molar-refractivity contribution is -0.145. The molecule has 0 aliphatic carbocycles. The van der Waals surface area contributed by atoms with E-state index in [4.69, 9.17) is 9.47 Å². The molecule has 1 aromatic carbocycles. The highest BCUT2D eigenvalue weighted by Crippen LogP contribution is 2.33. The van der Waals surface area contributed by atoms with Gasteiger partial charge in [-0.15, -0.1) is 0 Å². The number of carboxylic acids is 1. The number of piperidine rings is 1. The normalized spacial score (nSPS) is 23.4. The monoisotopic (exact) mass is 375 g/mol. The Kier molecular flexibility index (Phi) is 6.72. The molecular formula is C21H29NO5. The van der Waals surface area contributed by atoms with E-state index < -0.39 is 11.9 Å². The van der Waals surface area contributed by atoms with Crippen LogP contribution in [0.4, 0.5) is 0 Å². The van der Waals surface area contributed by atoms with Gasteiger partial charge in [-0.1, -0.05) is 19.1 Å². The number of rotatable bonds is 7. The van der Waals surface area contributed by atoms with E-state index in [0.717, 1.165) is 30.6 Å². The third-order valence-corrected chi connectivity index (χ3v) is 5.54. The summed E-state index contributed by atoms with van der Waals surface area (Å²) in [6.07, 6.45) is 3.32. The van der Waals surface area contributed by atoms with Crippen molar-refractivity contribution in [3.63, 3.8) is 0 Å². The molecule has 1 amide bonds. The summed E-state index contributed by atoms with van der Waals surface area (Å²) < 4.78 is 11.3. The number of hydrogen-bond donors (Lipinski definition) is 1. The van der Waals surface area contributed by atoms with Crippen molar-refractivity contribution < 1.29 is 24.2 Å². The Morgan fingerprint density at radius 3 is 2.74 bits per heavy atom. The van der Waals surface area contributed by atoms with Gasteiger partial charge < -0.3 is 19.5 Å². The van der Waals surface area contributed by atoms with Gasteiger partial charge in [-0.25, -0.2) is 0 Å². The zero-order valence-electron chi connectivity index (χ0n) is 15.9. The summed E-state index contributed by atoms with van der Waals surface area (Å²) in [4.78, 5) is 25.9. The SMILES string of the molecule is CCCOc1cccc(CC(=O)N2CCC([C@@H]3OCCC3C(=O)O)CC2)c1. The van der Waals surface area contributed by atoms with Gasteiger partial charge in [0, 0.05) is 19.7 Å². The first-order chi connectivity index (χ1) is 13.1. The first-order valence-electron chi connectivity index (χ1n) is 9.92. The summed E-state index contributed by atoms with van der Waals surface area (Å²) in [6.45, 7) is 4.60. The van der Waals surface area contributed by atoms with Crippen LogP contribution < -0.4 is 4.74 Å². The number of carboxylic acid groups (broad SMARTS) is 1. The minimum absolute atomic E-state index is 0.114. The van der Waals surface area contributed by atoms with Crippen LogP contribution >= 0.6 is 0 Å². The van der Waals surface area contributed by atoms with Crippen LogP contribution in [-0.2, 0) is 20.7 Å². The lowest BCUT2D eigenvalue weighted by Gasteiger charge is -2.35. The Labute approximate surface area is 160 Å². The van der Waals surface area contributed by atoms with Crippen molar-refractivity contribution in [1.29, 1.82) is 0 Å². The Hall–Kier alpha value is -2.08. The second kappa shape index (κ2) is 9.22. The number of carbonyl (C=O) groups excluding carboxylic acids is 1. The second-order valence-electron chi connectivity index (χ2n) is 7.46. The van der Waals surface area contributed by atoms with Crippen molar-refractivity contribution in [3.05, 3.63) is 29.8 Å². The molecule has 2 fully saturated rings. The number of ether oxygens (including phenoxy) is 2. The number of hydrogen-bond acceptors (Lipinski definition) is 4. The predicted molar refractivity (Wildman–Crippen MR) is 101 cm³/mol. The Bertz CT molecular complexity index is 654. The highest BCUT2D eigenvalue weighted by atomic mass is 16.5. The van der Waals surface area contributed by atoms with Crippen LogP contribution in [0.25, 0.3) is 0 Å². The number of benzene rings is 1. The molecule has 2 saturated heterocycles. The van der Waals surface area contributed by atoms with Gasteiger partial charge in [0.15, 0.2) is 0 Å². The first kappa shape index (κ1) is 19.7. The molecule has 6 nitrogen and oxygen atoms in total.